The van der Waals surface area contributed by atoms with E-state index in [1.54, 1.807) is 0 Å². The van der Waals surface area contributed by atoms with Crippen LogP contribution < -0.4 is 5.32 Å². The van der Waals surface area contributed by atoms with Gasteiger partial charge in [0.25, 0.3) is 0 Å². The summed E-state index contributed by atoms with van der Waals surface area (Å²) in [6, 6.07) is 0. The molecule has 1 saturated carbocycles. The molecule has 100 valence electrons. The van der Waals surface area contributed by atoms with Gasteiger partial charge in [-0.25, -0.2) is 0 Å². The van der Waals surface area contributed by atoms with Crippen LogP contribution in [0, 0.1) is 13.8 Å². The summed E-state index contributed by atoms with van der Waals surface area (Å²) in [5, 5.41) is 19.9. The van der Waals surface area contributed by atoms with E-state index in [2.05, 4.69) is 15.5 Å². The minimum Gasteiger partial charge on any atom is -0.388 e. The second-order valence-corrected chi connectivity index (χ2v) is 5.30. The van der Waals surface area contributed by atoms with Crippen LogP contribution >= 0.6 is 0 Å². The van der Waals surface area contributed by atoms with Crippen molar-refractivity contribution in [1.82, 2.24) is 15.5 Å². The van der Waals surface area contributed by atoms with Crippen LogP contribution in [0.25, 0.3) is 0 Å². The second kappa shape index (κ2) is 5.10. The molecule has 0 aliphatic heterocycles. The highest BCUT2D eigenvalue weighted by Gasteiger charge is 2.31. The van der Waals surface area contributed by atoms with Crippen molar-refractivity contribution in [3.05, 3.63) is 17.0 Å². The average molecular weight is 251 g/mol. The summed E-state index contributed by atoms with van der Waals surface area (Å²) in [6.07, 6.45) is 4.00. The fourth-order valence-electron chi connectivity index (χ4n) is 2.53. The Balaban J connectivity index is 1.86. The van der Waals surface area contributed by atoms with E-state index < -0.39 is 5.60 Å². The molecule has 0 atom stereocenters. The molecule has 1 aliphatic carbocycles. The monoisotopic (exact) mass is 251 g/mol. The molecule has 1 aliphatic rings. The molecule has 5 nitrogen and oxygen atoms in total. The van der Waals surface area contributed by atoms with Crippen LogP contribution in [-0.4, -0.2) is 33.4 Å². The van der Waals surface area contributed by atoms with Gasteiger partial charge in [0.15, 0.2) is 0 Å². The number of aliphatic hydroxyl groups is 1. The third-order valence-electron chi connectivity index (χ3n) is 3.77. The lowest BCUT2D eigenvalue weighted by atomic mass is 10.0. The second-order valence-electron chi connectivity index (χ2n) is 5.30. The van der Waals surface area contributed by atoms with E-state index in [-0.39, 0.29) is 5.91 Å². The Morgan fingerprint density at radius 2 is 2.11 bits per heavy atom. The number of carbonyl (C=O) groups excluding carboxylic acids is 1. The molecule has 1 fully saturated rings. The van der Waals surface area contributed by atoms with E-state index in [0.717, 1.165) is 42.6 Å². The van der Waals surface area contributed by atoms with Crippen LogP contribution in [0.4, 0.5) is 0 Å². The molecule has 1 heterocycles. The number of aromatic amines is 1. The third kappa shape index (κ3) is 2.90. The molecule has 0 spiro atoms. The summed E-state index contributed by atoms with van der Waals surface area (Å²) < 4.78 is 0. The van der Waals surface area contributed by atoms with Gasteiger partial charge in [0.05, 0.1) is 17.7 Å². The van der Waals surface area contributed by atoms with Crippen molar-refractivity contribution in [2.75, 3.05) is 6.54 Å². The highest BCUT2D eigenvalue weighted by atomic mass is 16.3. The molecule has 0 unspecified atom stereocenters. The van der Waals surface area contributed by atoms with Crippen molar-refractivity contribution >= 4 is 5.91 Å². The number of amides is 1. The Hall–Kier alpha value is -1.36. The molecule has 5 heteroatoms. The van der Waals surface area contributed by atoms with Crippen LogP contribution in [0.5, 0.6) is 0 Å². The first-order valence-electron chi connectivity index (χ1n) is 6.50. The van der Waals surface area contributed by atoms with Crippen LogP contribution in [0.2, 0.25) is 0 Å². The molecule has 2 rings (SSSR count). The first-order valence-corrected chi connectivity index (χ1v) is 6.50. The molecule has 1 amide bonds. The van der Waals surface area contributed by atoms with Crippen molar-refractivity contribution in [1.29, 1.82) is 0 Å². The largest absolute Gasteiger partial charge is 0.388 e. The van der Waals surface area contributed by atoms with Gasteiger partial charge < -0.3 is 10.4 Å². The van der Waals surface area contributed by atoms with Crippen LogP contribution in [0.3, 0.4) is 0 Å². The van der Waals surface area contributed by atoms with Gasteiger partial charge in [-0.2, -0.15) is 5.10 Å². The standard InChI is InChI=1S/C13H21N3O2/c1-9-11(10(2)16-15-9)7-12(17)14-8-13(18)5-3-4-6-13/h18H,3-8H2,1-2H3,(H,14,17)(H,15,16). The van der Waals surface area contributed by atoms with E-state index in [1.807, 2.05) is 13.8 Å². The Morgan fingerprint density at radius 1 is 1.44 bits per heavy atom. The number of hydrogen-bond donors (Lipinski definition) is 3. The van der Waals surface area contributed by atoms with Gasteiger partial charge in [-0.1, -0.05) is 12.8 Å². The van der Waals surface area contributed by atoms with Crippen LogP contribution in [0.1, 0.15) is 42.6 Å². The molecule has 1 aromatic rings. The summed E-state index contributed by atoms with van der Waals surface area (Å²) >= 11 is 0. The van der Waals surface area contributed by atoms with E-state index >= 15 is 0 Å². The third-order valence-corrected chi connectivity index (χ3v) is 3.77. The SMILES string of the molecule is Cc1n[nH]c(C)c1CC(=O)NCC1(O)CCCC1. The minimum absolute atomic E-state index is 0.0528. The number of H-pyrrole nitrogens is 1. The quantitative estimate of drug-likeness (QED) is 0.746. The van der Waals surface area contributed by atoms with Crippen molar-refractivity contribution in [2.24, 2.45) is 0 Å². The summed E-state index contributed by atoms with van der Waals surface area (Å²) in [4.78, 5) is 11.8. The van der Waals surface area contributed by atoms with Gasteiger partial charge in [-0.05, 0) is 26.7 Å². The van der Waals surface area contributed by atoms with Crippen LogP contribution in [-0.2, 0) is 11.2 Å². The van der Waals surface area contributed by atoms with E-state index in [9.17, 15) is 9.90 Å². The molecule has 0 saturated heterocycles. The van der Waals surface area contributed by atoms with Gasteiger partial charge in [0.1, 0.15) is 0 Å². The van der Waals surface area contributed by atoms with Crippen LogP contribution in [0.15, 0.2) is 0 Å². The number of rotatable bonds is 4. The smallest absolute Gasteiger partial charge is 0.224 e. The maximum absolute atomic E-state index is 11.8. The first kappa shape index (κ1) is 13.1. The number of carbonyl (C=O) groups is 1. The zero-order chi connectivity index (χ0) is 13.2. The lowest BCUT2D eigenvalue weighted by molar-refractivity contribution is -0.121. The van der Waals surface area contributed by atoms with E-state index in [0.29, 0.717) is 13.0 Å². The van der Waals surface area contributed by atoms with Crippen molar-refractivity contribution in [3.8, 4) is 0 Å². The summed E-state index contributed by atoms with van der Waals surface area (Å²) in [6.45, 7) is 4.16. The molecule has 3 N–H and O–H groups in total. The lowest BCUT2D eigenvalue weighted by Gasteiger charge is -2.22. The van der Waals surface area contributed by atoms with Crippen molar-refractivity contribution in [3.63, 3.8) is 0 Å². The molecular weight excluding hydrogens is 230 g/mol. The summed E-state index contributed by atoms with van der Waals surface area (Å²) in [5.74, 6) is -0.0528. The molecule has 1 aromatic heterocycles. The first-order chi connectivity index (χ1) is 8.50. The normalized spacial score (nSPS) is 17.9. The summed E-state index contributed by atoms with van der Waals surface area (Å²) in [5.41, 5.74) is 2.06. The molecule has 0 aromatic carbocycles. The maximum Gasteiger partial charge on any atom is 0.224 e. The zero-order valence-corrected chi connectivity index (χ0v) is 11.0. The molecule has 0 bridgehead atoms. The maximum atomic E-state index is 11.8. The van der Waals surface area contributed by atoms with Gasteiger partial charge in [-0.3, -0.25) is 9.89 Å². The predicted octanol–water partition coefficient (Wildman–Crippen LogP) is 0.990. The Bertz CT molecular complexity index is 414. The number of aryl methyl sites for hydroxylation is 2. The number of nitrogens with one attached hydrogen (secondary N) is 2. The van der Waals surface area contributed by atoms with Gasteiger partial charge in [0.2, 0.25) is 5.91 Å². The average Bonchev–Trinajstić information content (AvgIpc) is 2.89. The summed E-state index contributed by atoms with van der Waals surface area (Å²) in [7, 11) is 0. The topological polar surface area (TPSA) is 78.0 Å². The highest BCUT2D eigenvalue weighted by molar-refractivity contribution is 5.79. The Kier molecular flexibility index (Phi) is 3.71. The number of nitrogens with zero attached hydrogens (tertiary/aromatic N) is 1. The Labute approximate surface area is 107 Å². The number of aromatic nitrogens is 2. The zero-order valence-electron chi connectivity index (χ0n) is 11.0. The van der Waals surface area contributed by atoms with Gasteiger partial charge in [0, 0.05) is 17.8 Å². The molecule has 18 heavy (non-hydrogen) atoms. The van der Waals surface area contributed by atoms with Gasteiger partial charge in [-0.15, -0.1) is 0 Å². The minimum atomic E-state index is -0.684. The van der Waals surface area contributed by atoms with E-state index in [1.165, 1.54) is 0 Å². The van der Waals surface area contributed by atoms with Crippen molar-refractivity contribution in [2.45, 2.75) is 51.6 Å². The van der Waals surface area contributed by atoms with Crippen molar-refractivity contribution < 1.29 is 9.90 Å². The fraction of sp³-hybridized carbons (Fsp3) is 0.692. The Morgan fingerprint density at radius 3 is 2.67 bits per heavy atom. The lowest BCUT2D eigenvalue weighted by Crippen LogP contribution is -2.41. The fourth-order valence-corrected chi connectivity index (χ4v) is 2.53. The van der Waals surface area contributed by atoms with E-state index in [4.69, 9.17) is 0 Å². The van der Waals surface area contributed by atoms with Gasteiger partial charge >= 0.3 is 0 Å². The molecule has 0 radical (unpaired) electrons. The highest BCUT2D eigenvalue weighted by Crippen LogP contribution is 2.28. The number of hydrogen-bond acceptors (Lipinski definition) is 3. The predicted molar refractivity (Wildman–Crippen MR) is 68.2 cm³/mol. The molecular formula is C13H21N3O2.